The van der Waals surface area contributed by atoms with Crippen molar-refractivity contribution in [3.8, 4) is 17.5 Å². The van der Waals surface area contributed by atoms with E-state index in [0.717, 1.165) is 22.4 Å². The summed E-state index contributed by atoms with van der Waals surface area (Å²) in [5, 5.41) is 18.9. The fraction of sp³-hybridized carbons (Fsp3) is 0.250. The van der Waals surface area contributed by atoms with Gasteiger partial charge >= 0.3 is 0 Å². The van der Waals surface area contributed by atoms with Crippen LogP contribution in [0.1, 0.15) is 17.5 Å². The van der Waals surface area contributed by atoms with Gasteiger partial charge in [0.2, 0.25) is 5.91 Å². The summed E-state index contributed by atoms with van der Waals surface area (Å²) in [5.74, 6) is 0.774. The maximum Gasteiger partial charge on any atom is 0.237 e. The van der Waals surface area contributed by atoms with E-state index in [1.807, 2.05) is 48.7 Å². The van der Waals surface area contributed by atoms with Crippen molar-refractivity contribution >= 4 is 35.0 Å². The van der Waals surface area contributed by atoms with E-state index in [9.17, 15) is 4.79 Å². The molecule has 0 unspecified atom stereocenters. The fourth-order valence-corrected chi connectivity index (χ4v) is 4.11. The highest BCUT2D eigenvalue weighted by atomic mass is 35.5. The highest BCUT2D eigenvalue weighted by molar-refractivity contribution is 7.99. The zero-order valence-corrected chi connectivity index (χ0v) is 19.7. The Kier molecular flexibility index (Phi) is 8.09. The third-order valence-electron chi connectivity index (χ3n) is 5.01. The molecular formula is C24H24ClN5OS. The summed E-state index contributed by atoms with van der Waals surface area (Å²) in [7, 11) is 0. The highest BCUT2D eigenvalue weighted by Crippen LogP contribution is 2.26. The number of carbonyl (C=O) groups excluding carboxylic acids is 1. The van der Waals surface area contributed by atoms with E-state index in [2.05, 4.69) is 22.8 Å². The molecule has 3 rings (SSSR count). The number of amides is 1. The number of aromatic nitrogens is 3. The largest absolute Gasteiger partial charge is 0.311 e. The molecule has 1 heterocycles. The Balaban J connectivity index is 1.81. The summed E-state index contributed by atoms with van der Waals surface area (Å²) in [4.78, 5) is 14.8. The van der Waals surface area contributed by atoms with Crippen LogP contribution in [0.2, 0.25) is 5.02 Å². The molecule has 2 aromatic carbocycles. The van der Waals surface area contributed by atoms with Gasteiger partial charge in [-0.25, -0.2) is 0 Å². The van der Waals surface area contributed by atoms with Crippen LogP contribution >= 0.6 is 23.4 Å². The molecule has 0 spiro atoms. The molecule has 0 atom stereocenters. The van der Waals surface area contributed by atoms with Crippen LogP contribution in [0.15, 0.2) is 60.3 Å². The standard InChI is InChI=1S/C24H24ClN5OS/c1-4-13-30-23(19-7-9-20(25)10-8-19)27-28-24(30)32-16-22(31)29(14-5-12-26)21-11-6-17(2)18(3)15-21/h4,6-11,15H,1,5,13-14,16H2,2-3H3. The Hall–Kier alpha value is -3.08. The first-order valence-electron chi connectivity index (χ1n) is 10.1. The molecule has 0 aliphatic heterocycles. The van der Waals surface area contributed by atoms with Crippen LogP contribution in [-0.4, -0.2) is 33.0 Å². The van der Waals surface area contributed by atoms with Crippen molar-refractivity contribution in [3.05, 3.63) is 71.3 Å². The minimum absolute atomic E-state index is 0.0882. The summed E-state index contributed by atoms with van der Waals surface area (Å²) < 4.78 is 1.92. The van der Waals surface area contributed by atoms with E-state index in [4.69, 9.17) is 16.9 Å². The van der Waals surface area contributed by atoms with Crippen LogP contribution < -0.4 is 4.90 Å². The quantitative estimate of drug-likeness (QED) is 0.310. The lowest BCUT2D eigenvalue weighted by Crippen LogP contribution is -2.33. The van der Waals surface area contributed by atoms with Crippen LogP contribution in [0.5, 0.6) is 0 Å². The number of nitriles is 1. The van der Waals surface area contributed by atoms with Gasteiger partial charge in [-0.3, -0.25) is 9.36 Å². The zero-order valence-electron chi connectivity index (χ0n) is 18.1. The number of benzene rings is 2. The number of aryl methyl sites for hydroxylation is 2. The number of hydrogen-bond donors (Lipinski definition) is 0. The summed E-state index contributed by atoms with van der Waals surface area (Å²) in [6.07, 6.45) is 2.03. The molecule has 0 saturated heterocycles. The SMILES string of the molecule is C=CCn1c(SCC(=O)N(CCC#N)c2ccc(C)c(C)c2)nnc1-c1ccc(Cl)cc1. The summed E-state index contributed by atoms with van der Waals surface area (Å²) in [6, 6.07) is 15.4. The van der Waals surface area contributed by atoms with E-state index >= 15 is 0 Å². The average molecular weight is 466 g/mol. The highest BCUT2D eigenvalue weighted by Gasteiger charge is 2.19. The first kappa shape index (κ1) is 23.6. The van der Waals surface area contributed by atoms with E-state index < -0.39 is 0 Å². The van der Waals surface area contributed by atoms with Gasteiger partial charge in [-0.1, -0.05) is 35.5 Å². The van der Waals surface area contributed by atoms with Gasteiger partial charge in [-0.15, -0.1) is 16.8 Å². The lowest BCUT2D eigenvalue weighted by molar-refractivity contribution is -0.116. The van der Waals surface area contributed by atoms with Gasteiger partial charge in [-0.2, -0.15) is 5.26 Å². The molecule has 0 bridgehead atoms. The van der Waals surface area contributed by atoms with Crippen LogP contribution in [0, 0.1) is 25.2 Å². The predicted octanol–water partition coefficient (Wildman–Crippen LogP) is 5.44. The normalized spacial score (nSPS) is 10.6. The lowest BCUT2D eigenvalue weighted by atomic mass is 10.1. The molecule has 8 heteroatoms. The monoisotopic (exact) mass is 465 g/mol. The van der Waals surface area contributed by atoms with Crippen molar-refractivity contribution in [1.29, 1.82) is 5.26 Å². The second-order valence-electron chi connectivity index (χ2n) is 7.22. The fourth-order valence-electron chi connectivity index (χ4n) is 3.16. The third-order valence-corrected chi connectivity index (χ3v) is 6.21. The van der Waals surface area contributed by atoms with E-state index in [1.165, 1.54) is 11.8 Å². The van der Waals surface area contributed by atoms with Gasteiger partial charge < -0.3 is 4.90 Å². The maximum atomic E-state index is 13.1. The minimum Gasteiger partial charge on any atom is -0.311 e. The molecule has 1 amide bonds. The van der Waals surface area contributed by atoms with Crippen LogP contribution in [0.3, 0.4) is 0 Å². The number of halogens is 1. The van der Waals surface area contributed by atoms with Gasteiger partial charge in [-0.05, 0) is 61.4 Å². The molecule has 0 radical (unpaired) electrons. The molecular weight excluding hydrogens is 442 g/mol. The number of rotatable bonds is 9. The van der Waals surface area contributed by atoms with Crippen molar-refractivity contribution in [3.63, 3.8) is 0 Å². The van der Waals surface area contributed by atoms with Gasteiger partial charge in [0.1, 0.15) is 0 Å². The molecule has 0 fully saturated rings. The van der Waals surface area contributed by atoms with Crippen LogP contribution in [0.4, 0.5) is 5.69 Å². The zero-order chi connectivity index (χ0) is 23.1. The van der Waals surface area contributed by atoms with Crippen molar-refractivity contribution in [2.45, 2.75) is 32.0 Å². The van der Waals surface area contributed by atoms with Crippen molar-refractivity contribution in [2.75, 3.05) is 17.2 Å². The second kappa shape index (κ2) is 11.0. The van der Waals surface area contributed by atoms with Gasteiger partial charge in [0.05, 0.1) is 18.2 Å². The minimum atomic E-state index is -0.0882. The average Bonchev–Trinajstić information content (AvgIpc) is 3.18. The molecule has 0 aliphatic carbocycles. The predicted molar refractivity (Wildman–Crippen MR) is 130 cm³/mol. The van der Waals surface area contributed by atoms with E-state index in [0.29, 0.717) is 29.1 Å². The van der Waals surface area contributed by atoms with Crippen LogP contribution in [-0.2, 0) is 11.3 Å². The van der Waals surface area contributed by atoms with E-state index in [1.54, 1.807) is 23.1 Å². The molecule has 0 N–H and O–H groups in total. The first-order valence-corrected chi connectivity index (χ1v) is 11.5. The number of allylic oxidation sites excluding steroid dienone is 1. The number of thioether (sulfide) groups is 1. The molecule has 1 aromatic heterocycles. The van der Waals surface area contributed by atoms with Gasteiger partial charge in [0.15, 0.2) is 11.0 Å². The summed E-state index contributed by atoms with van der Waals surface area (Å²) in [5.41, 5.74) is 3.93. The van der Waals surface area contributed by atoms with Gasteiger partial charge in [0, 0.05) is 29.4 Å². The Morgan fingerprint density at radius 1 is 1.22 bits per heavy atom. The molecule has 0 saturated carbocycles. The topological polar surface area (TPSA) is 74.8 Å². The Morgan fingerprint density at radius 3 is 2.62 bits per heavy atom. The molecule has 32 heavy (non-hydrogen) atoms. The molecule has 6 nitrogen and oxygen atoms in total. The summed E-state index contributed by atoms with van der Waals surface area (Å²) in [6.45, 7) is 8.72. The summed E-state index contributed by atoms with van der Waals surface area (Å²) >= 11 is 7.32. The maximum absolute atomic E-state index is 13.1. The third kappa shape index (κ3) is 5.58. The number of hydrogen-bond acceptors (Lipinski definition) is 5. The van der Waals surface area contributed by atoms with Gasteiger partial charge in [0.25, 0.3) is 0 Å². The van der Waals surface area contributed by atoms with E-state index in [-0.39, 0.29) is 18.1 Å². The number of carbonyl (C=O) groups is 1. The van der Waals surface area contributed by atoms with Crippen molar-refractivity contribution in [1.82, 2.24) is 14.8 Å². The van der Waals surface area contributed by atoms with Crippen LogP contribution in [0.25, 0.3) is 11.4 Å². The number of anilines is 1. The Morgan fingerprint density at radius 2 is 1.97 bits per heavy atom. The molecule has 164 valence electrons. The van der Waals surface area contributed by atoms with Crippen molar-refractivity contribution in [2.24, 2.45) is 0 Å². The smallest absolute Gasteiger partial charge is 0.237 e. The number of nitrogens with zero attached hydrogens (tertiary/aromatic N) is 5. The Bertz CT molecular complexity index is 1150. The first-order chi connectivity index (χ1) is 15.4. The second-order valence-corrected chi connectivity index (χ2v) is 8.60. The Labute approximate surface area is 197 Å². The molecule has 0 aliphatic rings. The lowest BCUT2D eigenvalue weighted by Gasteiger charge is -2.22. The molecule has 3 aromatic rings. The van der Waals surface area contributed by atoms with Crippen molar-refractivity contribution < 1.29 is 4.79 Å².